The molecule has 1 rings (SSSR count). The van der Waals surface area contributed by atoms with E-state index in [1.165, 1.54) is 5.56 Å². The maximum atomic E-state index is 5.16. The van der Waals surface area contributed by atoms with Gasteiger partial charge < -0.3 is 14.8 Å². The van der Waals surface area contributed by atoms with E-state index in [0.717, 1.165) is 38.2 Å². The highest BCUT2D eigenvalue weighted by Crippen LogP contribution is 2.13. The Hall–Kier alpha value is -1.06. The Bertz CT molecular complexity index is 311. The average Bonchev–Trinajstić information content (AvgIpc) is 2.42. The van der Waals surface area contributed by atoms with Gasteiger partial charge in [-0.2, -0.15) is 0 Å². The number of hydrogen-bond donors (Lipinski definition) is 1. The molecule has 1 N–H and O–H groups in total. The fourth-order valence-corrected chi connectivity index (χ4v) is 2.03. The third-order valence-electron chi connectivity index (χ3n) is 3.10. The fourth-order valence-electron chi connectivity index (χ4n) is 2.03. The third kappa shape index (κ3) is 5.52. The van der Waals surface area contributed by atoms with Crippen LogP contribution in [0.4, 0.5) is 0 Å². The predicted molar refractivity (Wildman–Crippen MR) is 75.3 cm³/mol. The molecule has 0 fully saturated rings. The average molecular weight is 251 g/mol. The highest BCUT2D eigenvalue weighted by Gasteiger charge is 2.07. The molecule has 0 amide bonds. The normalized spacial score (nSPS) is 12.4. The highest BCUT2D eigenvalue weighted by atomic mass is 16.5. The van der Waals surface area contributed by atoms with Crippen molar-refractivity contribution in [2.45, 2.75) is 32.2 Å². The van der Waals surface area contributed by atoms with Gasteiger partial charge >= 0.3 is 0 Å². The second-order valence-electron chi connectivity index (χ2n) is 4.42. The first-order valence-electron chi connectivity index (χ1n) is 6.65. The highest BCUT2D eigenvalue weighted by molar-refractivity contribution is 5.27. The molecule has 18 heavy (non-hydrogen) atoms. The second kappa shape index (κ2) is 8.95. The first-order chi connectivity index (χ1) is 8.80. The van der Waals surface area contributed by atoms with Crippen molar-refractivity contribution in [3.8, 4) is 5.75 Å². The molecule has 1 aromatic rings. The summed E-state index contributed by atoms with van der Waals surface area (Å²) in [7, 11) is 3.45. The molecule has 0 aromatic heterocycles. The summed E-state index contributed by atoms with van der Waals surface area (Å²) in [4.78, 5) is 0. The van der Waals surface area contributed by atoms with Gasteiger partial charge in [0, 0.05) is 19.8 Å². The van der Waals surface area contributed by atoms with Crippen LogP contribution < -0.4 is 10.1 Å². The number of methoxy groups -OCH3 is 2. The SMILES string of the molecule is CCNC(CCOC)CCc1ccc(OC)cc1. The lowest BCUT2D eigenvalue weighted by atomic mass is 10.0. The van der Waals surface area contributed by atoms with Gasteiger partial charge in [-0.15, -0.1) is 0 Å². The standard InChI is InChI=1S/C15H25NO2/c1-4-16-14(11-12-17-2)8-5-13-6-9-15(18-3)10-7-13/h6-7,9-10,14,16H,4-5,8,11-12H2,1-3H3. The monoisotopic (exact) mass is 251 g/mol. The third-order valence-corrected chi connectivity index (χ3v) is 3.10. The van der Waals surface area contributed by atoms with E-state index in [0.29, 0.717) is 6.04 Å². The minimum absolute atomic E-state index is 0.539. The van der Waals surface area contributed by atoms with Crippen LogP contribution in [0, 0.1) is 0 Å². The summed E-state index contributed by atoms with van der Waals surface area (Å²) >= 11 is 0. The van der Waals surface area contributed by atoms with E-state index in [9.17, 15) is 0 Å². The van der Waals surface area contributed by atoms with Crippen LogP contribution in [-0.2, 0) is 11.2 Å². The van der Waals surface area contributed by atoms with Gasteiger partial charge in [-0.1, -0.05) is 19.1 Å². The zero-order valence-corrected chi connectivity index (χ0v) is 11.7. The molecule has 0 saturated heterocycles. The molecule has 3 nitrogen and oxygen atoms in total. The quantitative estimate of drug-likeness (QED) is 0.732. The lowest BCUT2D eigenvalue weighted by molar-refractivity contribution is 0.181. The van der Waals surface area contributed by atoms with Crippen LogP contribution in [0.15, 0.2) is 24.3 Å². The smallest absolute Gasteiger partial charge is 0.118 e. The van der Waals surface area contributed by atoms with Crippen LogP contribution in [-0.4, -0.2) is 33.4 Å². The van der Waals surface area contributed by atoms with Crippen molar-refractivity contribution in [3.05, 3.63) is 29.8 Å². The Kier molecular flexibility index (Phi) is 7.46. The molecule has 3 heteroatoms. The van der Waals surface area contributed by atoms with Crippen molar-refractivity contribution in [1.82, 2.24) is 5.32 Å². The molecular formula is C15H25NO2. The Morgan fingerprint density at radius 3 is 2.39 bits per heavy atom. The molecular weight excluding hydrogens is 226 g/mol. The first-order valence-corrected chi connectivity index (χ1v) is 6.65. The number of rotatable bonds is 9. The Labute approximate surface area is 110 Å². The maximum Gasteiger partial charge on any atom is 0.118 e. The van der Waals surface area contributed by atoms with Crippen LogP contribution in [0.3, 0.4) is 0 Å². The Morgan fingerprint density at radius 1 is 1.11 bits per heavy atom. The van der Waals surface area contributed by atoms with Crippen LogP contribution in [0.1, 0.15) is 25.3 Å². The van der Waals surface area contributed by atoms with Crippen LogP contribution in [0.25, 0.3) is 0 Å². The zero-order valence-electron chi connectivity index (χ0n) is 11.7. The van der Waals surface area contributed by atoms with Gasteiger partial charge in [0.05, 0.1) is 7.11 Å². The van der Waals surface area contributed by atoms with Crippen molar-refractivity contribution in [3.63, 3.8) is 0 Å². The summed E-state index contributed by atoms with van der Waals surface area (Å²) < 4.78 is 10.3. The number of aryl methyl sites for hydroxylation is 1. The summed E-state index contributed by atoms with van der Waals surface area (Å²) in [6, 6.07) is 8.85. The minimum Gasteiger partial charge on any atom is -0.497 e. The first kappa shape index (κ1) is 15.0. The lowest BCUT2D eigenvalue weighted by Gasteiger charge is -2.17. The second-order valence-corrected chi connectivity index (χ2v) is 4.42. The Morgan fingerprint density at radius 2 is 1.83 bits per heavy atom. The fraction of sp³-hybridized carbons (Fsp3) is 0.600. The van der Waals surface area contributed by atoms with E-state index in [4.69, 9.17) is 9.47 Å². The van der Waals surface area contributed by atoms with Crippen molar-refractivity contribution in [2.24, 2.45) is 0 Å². The topological polar surface area (TPSA) is 30.5 Å². The molecule has 1 unspecified atom stereocenters. The zero-order chi connectivity index (χ0) is 13.2. The van der Waals surface area contributed by atoms with Gasteiger partial charge in [0.1, 0.15) is 5.75 Å². The molecule has 0 aliphatic carbocycles. The van der Waals surface area contributed by atoms with Crippen LogP contribution in [0.5, 0.6) is 5.75 Å². The van der Waals surface area contributed by atoms with Crippen molar-refractivity contribution in [2.75, 3.05) is 27.4 Å². The van der Waals surface area contributed by atoms with E-state index >= 15 is 0 Å². The Balaban J connectivity index is 2.39. The predicted octanol–water partition coefficient (Wildman–Crippen LogP) is 2.64. The van der Waals surface area contributed by atoms with Gasteiger partial charge in [0.2, 0.25) is 0 Å². The van der Waals surface area contributed by atoms with Crippen molar-refractivity contribution >= 4 is 0 Å². The van der Waals surface area contributed by atoms with Gasteiger partial charge in [-0.05, 0) is 43.5 Å². The van der Waals surface area contributed by atoms with E-state index in [-0.39, 0.29) is 0 Å². The molecule has 0 spiro atoms. The van der Waals surface area contributed by atoms with Gasteiger partial charge in [0.25, 0.3) is 0 Å². The number of benzene rings is 1. The number of hydrogen-bond acceptors (Lipinski definition) is 3. The maximum absolute atomic E-state index is 5.16. The van der Waals surface area contributed by atoms with Gasteiger partial charge in [-0.25, -0.2) is 0 Å². The molecule has 1 aromatic carbocycles. The summed E-state index contributed by atoms with van der Waals surface area (Å²) in [5.74, 6) is 0.918. The molecule has 0 heterocycles. The molecule has 0 aliphatic rings. The molecule has 0 radical (unpaired) electrons. The summed E-state index contributed by atoms with van der Waals surface area (Å²) in [5, 5.41) is 3.51. The molecule has 0 saturated carbocycles. The van der Waals surface area contributed by atoms with E-state index < -0.39 is 0 Å². The van der Waals surface area contributed by atoms with Gasteiger partial charge in [0.15, 0.2) is 0 Å². The van der Waals surface area contributed by atoms with E-state index in [1.807, 2.05) is 12.1 Å². The summed E-state index contributed by atoms with van der Waals surface area (Å²) in [6.07, 6.45) is 3.30. The minimum atomic E-state index is 0.539. The molecule has 0 bridgehead atoms. The molecule has 0 aliphatic heterocycles. The molecule has 1 atom stereocenters. The lowest BCUT2D eigenvalue weighted by Crippen LogP contribution is -2.30. The van der Waals surface area contributed by atoms with Gasteiger partial charge in [-0.3, -0.25) is 0 Å². The summed E-state index contributed by atoms with van der Waals surface area (Å²) in [5.41, 5.74) is 1.36. The van der Waals surface area contributed by atoms with E-state index in [1.54, 1.807) is 14.2 Å². The summed E-state index contributed by atoms with van der Waals surface area (Å²) in [6.45, 7) is 3.98. The van der Waals surface area contributed by atoms with Crippen molar-refractivity contribution in [1.29, 1.82) is 0 Å². The van der Waals surface area contributed by atoms with Crippen LogP contribution >= 0.6 is 0 Å². The van der Waals surface area contributed by atoms with E-state index in [2.05, 4.69) is 24.4 Å². The number of nitrogens with one attached hydrogen (secondary N) is 1. The van der Waals surface area contributed by atoms with Crippen LogP contribution in [0.2, 0.25) is 0 Å². The number of ether oxygens (including phenoxy) is 2. The largest absolute Gasteiger partial charge is 0.497 e. The molecule has 102 valence electrons. The van der Waals surface area contributed by atoms with Crippen molar-refractivity contribution < 1.29 is 9.47 Å².